The third-order valence-electron chi connectivity index (χ3n) is 2.76. The Bertz CT molecular complexity index is 437. The van der Waals surface area contributed by atoms with E-state index in [0.29, 0.717) is 0 Å². The fourth-order valence-corrected chi connectivity index (χ4v) is 1.86. The first-order chi connectivity index (χ1) is 8.65. The number of nitrogens with one attached hydrogen (secondary N) is 2. The van der Waals surface area contributed by atoms with Crippen molar-refractivity contribution in [2.45, 2.75) is 25.4 Å². The van der Waals surface area contributed by atoms with E-state index in [4.69, 9.17) is 5.73 Å². The van der Waals surface area contributed by atoms with E-state index in [1.54, 1.807) is 0 Å². The standard InChI is InChI=1S/C10H16N6O2/c11-9(17)6-16-5-8(14-15-16)10(18)13-7-1-3-12-4-2-7/h5,7,12H,1-4,6H2,(H2,11,17)(H,13,18). The molecule has 4 N–H and O–H groups in total. The van der Waals surface area contributed by atoms with Gasteiger partial charge in [-0.15, -0.1) is 5.10 Å². The quantitative estimate of drug-likeness (QED) is 0.587. The van der Waals surface area contributed by atoms with Crippen LogP contribution in [0.3, 0.4) is 0 Å². The number of aromatic nitrogens is 3. The molecule has 2 rings (SSSR count). The van der Waals surface area contributed by atoms with Gasteiger partial charge in [-0.2, -0.15) is 0 Å². The smallest absolute Gasteiger partial charge is 0.273 e. The maximum atomic E-state index is 11.8. The number of carbonyl (C=O) groups is 2. The average Bonchev–Trinajstić information content (AvgIpc) is 2.78. The van der Waals surface area contributed by atoms with Gasteiger partial charge in [-0.05, 0) is 25.9 Å². The van der Waals surface area contributed by atoms with Crippen molar-refractivity contribution in [3.8, 4) is 0 Å². The molecule has 0 unspecified atom stereocenters. The second-order valence-electron chi connectivity index (χ2n) is 4.27. The molecule has 1 fully saturated rings. The Kier molecular flexibility index (Phi) is 3.88. The summed E-state index contributed by atoms with van der Waals surface area (Å²) in [6.07, 6.45) is 3.23. The molecule has 0 radical (unpaired) electrons. The highest BCUT2D eigenvalue weighted by Crippen LogP contribution is 2.03. The van der Waals surface area contributed by atoms with Crippen molar-refractivity contribution in [1.29, 1.82) is 0 Å². The number of amides is 2. The summed E-state index contributed by atoms with van der Waals surface area (Å²) in [7, 11) is 0. The van der Waals surface area contributed by atoms with Crippen LogP contribution in [-0.4, -0.2) is 45.9 Å². The van der Waals surface area contributed by atoms with Crippen LogP contribution in [0, 0.1) is 0 Å². The van der Waals surface area contributed by atoms with Crippen molar-refractivity contribution < 1.29 is 9.59 Å². The predicted octanol–water partition coefficient (Wildman–Crippen LogP) is -1.75. The van der Waals surface area contributed by atoms with Crippen molar-refractivity contribution in [2.24, 2.45) is 5.73 Å². The van der Waals surface area contributed by atoms with Crippen molar-refractivity contribution in [3.63, 3.8) is 0 Å². The predicted molar refractivity (Wildman–Crippen MR) is 62.6 cm³/mol. The molecule has 98 valence electrons. The van der Waals surface area contributed by atoms with E-state index in [9.17, 15) is 9.59 Å². The molecule has 1 saturated heterocycles. The molecule has 0 saturated carbocycles. The van der Waals surface area contributed by atoms with Gasteiger partial charge in [-0.3, -0.25) is 9.59 Å². The van der Waals surface area contributed by atoms with Crippen LogP contribution in [0.15, 0.2) is 6.20 Å². The fraction of sp³-hybridized carbons (Fsp3) is 0.600. The van der Waals surface area contributed by atoms with Crippen molar-refractivity contribution in [3.05, 3.63) is 11.9 Å². The number of nitrogens with two attached hydrogens (primary N) is 1. The third kappa shape index (κ3) is 3.27. The number of piperidine rings is 1. The van der Waals surface area contributed by atoms with Gasteiger partial charge in [0.25, 0.3) is 5.91 Å². The highest BCUT2D eigenvalue weighted by atomic mass is 16.2. The van der Waals surface area contributed by atoms with E-state index in [1.165, 1.54) is 10.9 Å². The number of hydrogen-bond acceptors (Lipinski definition) is 5. The van der Waals surface area contributed by atoms with E-state index in [1.807, 2.05) is 0 Å². The summed E-state index contributed by atoms with van der Waals surface area (Å²) in [6, 6.07) is 0.167. The Balaban J connectivity index is 1.91. The molecule has 1 aromatic heterocycles. The van der Waals surface area contributed by atoms with E-state index >= 15 is 0 Å². The van der Waals surface area contributed by atoms with E-state index in [0.717, 1.165) is 25.9 Å². The van der Waals surface area contributed by atoms with Crippen molar-refractivity contribution in [1.82, 2.24) is 25.6 Å². The zero-order valence-corrected chi connectivity index (χ0v) is 9.93. The zero-order chi connectivity index (χ0) is 13.0. The molecular formula is C10H16N6O2. The fourth-order valence-electron chi connectivity index (χ4n) is 1.86. The maximum Gasteiger partial charge on any atom is 0.273 e. The molecule has 8 nitrogen and oxygen atoms in total. The molecule has 0 bridgehead atoms. The minimum Gasteiger partial charge on any atom is -0.368 e. The third-order valence-corrected chi connectivity index (χ3v) is 2.76. The maximum absolute atomic E-state index is 11.8. The van der Waals surface area contributed by atoms with Crippen molar-refractivity contribution >= 4 is 11.8 Å². The lowest BCUT2D eigenvalue weighted by Gasteiger charge is -2.23. The van der Waals surface area contributed by atoms with Gasteiger partial charge in [0.05, 0.1) is 6.20 Å². The second-order valence-corrected chi connectivity index (χ2v) is 4.27. The molecule has 0 aromatic carbocycles. The molecule has 1 aliphatic heterocycles. The van der Waals surface area contributed by atoms with Crippen LogP contribution in [-0.2, 0) is 11.3 Å². The van der Waals surface area contributed by atoms with Gasteiger partial charge in [0.1, 0.15) is 6.54 Å². The molecule has 0 atom stereocenters. The van der Waals surface area contributed by atoms with Gasteiger partial charge in [0.2, 0.25) is 5.91 Å². The molecule has 2 heterocycles. The molecule has 8 heteroatoms. The number of carbonyl (C=O) groups excluding carboxylic acids is 2. The summed E-state index contributed by atoms with van der Waals surface area (Å²) < 4.78 is 1.25. The van der Waals surface area contributed by atoms with Gasteiger partial charge in [-0.1, -0.05) is 5.21 Å². The van der Waals surface area contributed by atoms with Crippen LogP contribution in [0.2, 0.25) is 0 Å². The Hall–Kier alpha value is -1.96. The van der Waals surface area contributed by atoms with Crippen LogP contribution in [0.25, 0.3) is 0 Å². The Morgan fingerprint density at radius 1 is 1.50 bits per heavy atom. The van der Waals surface area contributed by atoms with Gasteiger partial charge in [0, 0.05) is 6.04 Å². The normalized spacial score (nSPS) is 16.4. The summed E-state index contributed by atoms with van der Waals surface area (Å²) >= 11 is 0. The summed E-state index contributed by atoms with van der Waals surface area (Å²) in [5.41, 5.74) is 5.23. The summed E-state index contributed by atoms with van der Waals surface area (Å²) in [4.78, 5) is 22.5. The largest absolute Gasteiger partial charge is 0.368 e. The lowest BCUT2D eigenvalue weighted by atomic mass is 10.1. The first-order valence-electron chi connectivity index (χ1n) is 5.85. The van der Waals surface area contributed by atoms with Gasteiger partial charge >= 0.3 is 0 Å². The molecule has 1 aliphatic rings. The van der Waals surface area contributed by atoms with Crippen LogP contribution >= 0.6 is 0 Å². The summed E-state index contributed by atoms with van der Waals surface area (Å²) in [6.45, 7) is 1.73. The molecule has 18 heavy (non-hydrogen) atoms. The highest BCUT2D eigenvalue weighted by Gasteiger charge is 2.18. The number of nitrogens with zero attached hydrogens (tertiary/aromatic N) is 3. The van der Waals surface area contributed by atoms with Gasteiger partial charge in [0.15, 0.2) is 5.69 Å². The van der Waals surface area contributed by atoms with E-state index in [2.05, 4.69) is 20.9 Å². The highest BCUT2D eigenvalue weighted by molar-refractivity contribution is 5.92. The first kappa shape index (κ1) is 12.5. The van der Waals surface area contributed by atoms with E-state index < -0.39 is 5.91 Å². The Morgan fingerprint density at radius 3 is 2.89 bits per heavy atom. The number of primary amides is 1. The van der Waals surface area contributed by atoms with Crippen LogP contribution in [0.5, 0.6) is 0 Å². The average molecular weight is 252 g/mol. The topological polar surface area (TPSA) is 115 Å². The SMILES string of the molecule is NC(=O)Cn1cc(C(=O)NC2CCNCC2)nn1. The molecule has 2 amide bonds. The molecule has 0 spiro atoms. The second kappa shape index (κ2) is 5.58. The lowest BCUT2D eigenvalue weighted by Crippen LogP contribution is -2.42. The van der Waals surface area contributed by atoms with Crippen LogP contribution in [0.4, 0.5) is 0 Å². The monoisotopic (exact) mass is 252 g/mol. The summed E-state index contributed by atoms with van der Waals surface area (Å²) in [5, 5.41) is 13.5. The number of hydrogen-bond donors (Lipinski definition) is 3. The molecule has 0 aliphatic carbocycles. The van der Waals surface area contributed by atoms with Crippen LogP contribution < -0.4 is 16.4 Å². The Labute approximate surface area is 104 Å². The van der Waals surface area contributed by atoms with E-state index in [-0.39, 0.29) is 24.2 Å². The first-order valence-corrected chi connectivity index (χ1v) is 5.85. The van der Waals surface area contributed by atoms with Gasteiger partial charge in [-0.25, -0.2) is 4.68 Å². The minimum absolute atomic E-state index is 0.0758. The Morgan fingerprint density at radius 2 is 2.22 bits per heavy atom. The summed E-state index contributed by atoms with van der Waals surface area (Å²) in [5.74, 6) is -0.789. The minimum atomic E-state index is -0.523. The lowest BCUT2D eigenvalue weighted by molar-refractivity contribution is -0.118. The van der Waals surface area contributed by atoms with Crippen LogP contribution in [0.1, 0.15) is 23.3 Å². The zero-order valence-electron chi connectivity index (χ0n) is 9.93. The molecule has 1 aromatic rings. The molecular weight excluding hydrogens is 236 g/mol. The van der Waals surface area contributed by atoms with Crippen molar-refractivity contribution in [2.75, 3.05) is 13.1 Å². The van der Waals surface area contributed by atoms with Gasteiger partial charge < -0.3 is 16.4 Å². The number of rotatable bonds is 4.